The molecule has 248 valence electrons. The molecule has 4 aromatic carbocycles. The fourth-order valence-corrected chi connectivity index (χ4v) is 6.06. The molecule has 0 unspecified atom stereocenters. The van der Waals surface area contributed by atoms with Gasteiger partial charge >= 0.3 is 0 Å². The Labute approximate surface area is 278 Å². The summed E-state index contributed by atoms with van der Waals surface area (Å²) >= 11 is 0. The van der Waals surface area contributed by atoms with E-state index in [1.165, 1.54) is 6.07 Å². The molecule has 4 N–H and O–H groups in total. The number of hydrogen-bond donors (Lipinski definition) is 4. The Kier molecular flexibility index (Phi) is 9.91. The molecule has 0 spiro atoms. The van der Waals surface area contributed by atoms with Crippen LogP contribution in [0.15, 0.2) is 78.9 Å². The lowest BCUT2D eigenvalue weighted by molar-refractivity contribution is 0.102. The molecule has 9 nitrogen and oxygen atoms in total. The van der Waals surface area contributed by atoms with Crippen molar-refractivity contribution in [2.45, 2.75) is 25.0 Å². The van der Waals surface area contributed by atoms with Gasteiger partial charge in [0.1, 0.15) is 23.7 Å². The molecule has 6 rings (SSSR count). The fourth-order valence-electron chi connectivity index (χ4n) is 5.51. The van der Waals surface area contributed by atoms with Gasteiger partial charge in [-0.25, -0.2) is 17.2 Å². The molecule has 2 atom stereocenters. The number of halogens is 2. The summed E-state index contributed by atoms with van der Waals surface area (Å²) in [5.41, 5.74) is 3.07. The highest BCUT2D eigenvalue weighted by Crippen LogP contribution is 2.34. The maximum atomic E-state index is 14.2. The second-order valence-electron chi connectivity index (χ2n) is 11.7. The van der Waals surface area contributed by atoms with Crippen LogP contribution >= 0.6 is 0 Å². The van der Waals surface area contributed by atoms with Crippen molar-refractivity contribution < 1.29 is 31.5 Å². The van der Waals surface area contributed by atoms with Gasteiger partial charge in [-0.05, 0) is 98.2 Å². The summed E-state index contributed by atoms with van der Waals surface area (Å²) in [6, 6.07) is 20.4. The zero-order valence-electron chi connectivity index (χ0n) is 26.1. The van der Waals surface area contributed by atoms with Crippen molar-refractivity contribution in [3.05, 3.63) is 107 Å². The highest BCUT2D eigenvalue weighted by Gasteiger charge is 2.21. The molecule has 2 heterocycles. The van der Waals surface area contributed by atoms with Crippen LogP contribution in [0.5, 0.6) is 11.5 Å². The van der Waals surface area contributed by atoms with E-state index in [-0.39, 0.29) is 17.8 Å². The quantitative estimate of drug-likeness (QED) is 0.182. The van der Waals surface area contributed by atoms with Gasteiger partial charge < -0.3 is 25.4 Å². The van der Waals surface area contributed by atoms with Gasteiger partial charge in [0, 0.05) is 41.2 Å². The molecule has 12 heteroatoms. The Bertz CT molecular complexity index is 2000. The molecule has 1 amide bonds. The Morgan fingerprint density at radius 2 is 1.54 bits per heavy atom. The first-order chi connectivity index (χ1) is 23.1. The van der Waals surface area contributed by atoms with Gasteiger partial charge in [0.25, 0.3) is 5.91 Å². The second-order valence-corrected chi connectivity index (χ2v) is 13.4. The first-order valence-electron chi connectivity index (χ1n) is 15.5. The number of benzene rings is 4. The SMILES string of the molecule is CS(=O)(=O)Nc1cccc(C#Cc2cc(NC(=O)c3ccc(O[C@H]4CCNC4)c(-c4ccc(F)c(F)c4)c3)ccc2O[C@H]2CCNC2)c1. The summed E-state index contributed by atoms with van der Waals surface area (Å²) in [5.74, 6) is 4.79. The first kappa shape index (κ1) is 33.0. The third-order valence-corrected chi connectivity index (χ3v) is 8.44. The molecular formula is C36H34F2N4O5S. The molecule has 0 saturated carbocycles. The van der Waals surface area contributed by atoms with Crippen molar-refractivity contribution in [3.63, 3.8) is 0 Å². The Balaban J connectivity index is 1.29. The van der Waals surface area contributed by atoms with Crippen LogP contribution in [0, 0.1) is 23.5 Å². The van der Waals surface area contributed by atoms with Gasteiger partial charge in [-0.1, -0.05) is 24.0 Å². The van der Waals surface area contributed by atoms with E-state index in [1.54, 1.807) is 60.7 Å². The number of anilines is 2. The summed E-state index contributed by atoms with van der Waals surface area (Å²) in [6.45, 7) is 3.01. The third-order valence-electron chi connectivity index (χ3n) is 7.83. The molecule has 48 heavy (non-hydrogen) atoms. The summed E-state index contributed by atoms with van der Waals surface area (Å²) < 4.78 is 66.3. The zero-order valence-corrected chi connectivity index (χ0v) is 26.9. The van der Waals surface area contributed by atoms with Gasteiger partial charge in [0.05, 0.1) is 11.8 Å². The highest BCUT2D eigenvalue weighted by atomic mass is 32.2. The summed E-state index contributed by atoms with van der Waals surface area (Å²) in [7, 11) is -3.46. The lowest BCUT2D eigenvalue weighted by Gasteiger charge is -2.18. The summed E-state index contributed by atoms with van der Waals surface area (Å²) in [6.07, 6.45) is 2.58. The molecular weight excluding hydrogens is 638 g/mol. The topological polar surface area (TPSA) is 118 Å². The fraction of sp³-hybridized carbons (Fsp3) is 0.250. The molecule has 4 aromatic rings. The van der Waals surface area contributed by atoms with Crippen molar-refractivity contribution in [1.29, 1.82) is 0 Å². The Morgan fingerprint density at radius 1 is 0.812 bits per heavy atom. The Hall–Kier alpha value is -4.96. The normalized spacial score (nSPS) is 17.3. The van der Waals surface area contributed by atoms with Gasteiger partial charge in [-0.15, -0.1) is 0 Å². The van der Waals surface area contributed by atoms with Gasteiger partial charge in [-0.3, -0.25) is 9.52 Å². The second kappa shape index (κ2) is 14.4. The van der Waals surface area contributed by atoms with Crippen LogP contribution in [-0.2, 0) is 10.0 Å². The number of amides is 1. The predicted octanol–water partition coefficient (Wildman–Crippen LogP) is 5.14. The predicted molar refractivity (Wildman–Crippen MR) is 181 cm³/mol. The largest absolute Gasteiger partial charge is 0.488 e. The van der Waals surface area contributed by atoms with Gasteiger partial charge in [0.15, 0.2) is 11.6 Å². The minimum absolute atomic E-state index is 0.0382. The van der Waals surface area contributed by atoms with Crippen LogP contribution in [0.1, 0.15) is 34.3 Å². The van der Waals surface area contributed by atoms with Gasteiger partial charge in [-0.2, -0.15) is 0 Å². The standard InChI is InChI=1S/C36H34F2N4O5S/c1-48(44,45)42-28-4-2-3-23(17-28)5-6-25-18-27(9-12-34(25)46-29-13-15-39-21-29)41-36(43)26-8-11-35(47-30-14-16-40-22-30)31(19-26)24-7-10-32(37)33(38)20-24/h2-4,7-12,17-20,29-30,39-40,42H,13-16,21-22H2,1H3,(H,41,43)/t29-,30-/m0/s1. The van der Waals surface area contributed by atoms with E-state index < -0.39 is 27.6 Å². The lowest BCUT2D eigenvalue weighted by Crippen LogP contribution is -2.20. The number of sulfonamides is 1. The van der Waals surface area contributed by atoms with E-state index >= 15 is 0 Å². The van der Waals surface area contributed by atoms with Crippen LogP contribution in [0.3, 0.4) is 0 Å². The van der Waals surface area contributed by atoms with E-state index in [0.717, 1.165) is 44.3 Å². The highest BCUT2D eigenvalue weighted by molar-refractivity contribution is 7.92. The van der Waals surface area contributed by atoms with Crippen LogP contribution < -0.4 is 30.1 Å². The van der Waals surface area contributed by atoms with Crippen LogP contribution in [0.4, 0.5) is 20.2 Å². The van der Waals surface area contributed by atoms with Crippen molar-refractivity contribution in [1.82, 2.24) is 10.6 Å². The number of ether oxygens (including phenoxy) is 2. The first-order valence-corrected chi connectivity index (χ1v) is 17.4. The lowest BCUT2D eigenvalue weighted by atomic mass is 10.0. The maximum Gasteiger partial charge on any atom is 0.255 e. The van der Waals surface area contributed by atoms with Crippen molar-refractivity contribution in [3.8, 4) is 34.5 Å². The maximum absolute atomic E-state index is 14.2. The average molecular weight is 673 g/mol. The zero-order chi connectivity index (χ0) is 33.7. The van der Waals surface area contributed by atoms with Crippen LogP contribution in [-0.4, -0.2) is 59.0 Å². The number of carbonyl (C=O) groups excluding carboxylic acids is 1. The van der Waals surface area contributed by atoms with Gasteiger partial charge in [0.2, 0.25) is 10.0 Å². The minimum Gasteiger partial charge on any atom is -0.488 e. The van der Waals surface area contributed by atoms with Crippen molar-refractivity contribution in [2.24, 2.45) is 0 Å². The van der Waals surface area contributed by atoms with Crippen molar-refractivity contribution in [2.75, 3.05) is 42.5 Å². The number of carbonyl (C=O) groups is 1. The summed E-state index contributed by atoms with van der Waals surface area (Å²) in [4.78, 5) is 13.6. The molecule has 2 aliphatic rings. The smallest absolute Gasteiger partial charge is 0.255 e. The summed E-state index contributed by atoms with van der Waals surface area (Å²) in [5, 5.41) is 9.42. The van der Waals surface area contributed by atoms with Crippen molar-refractivity contribution >= 4 is 27.3 Å². The molecule has 2 aliphatic heterocycles. The molecule has 0 aromatic heterocycles. The monoisotopic (exact) mass is 672 g/mol. The number of hydrogen-bond acceptors (Lipinski definition) is 7. The van der Waals surface area contributed by atoms with E-state index in [1.807, 2.05) is 0 Å². The molecule has 0 radical (unpaired) electrons. The van der Waals surface area contributed by atoms with Crippen LogP contribution in [0.2, 0.25) is 0 Å². The molecule has 2 fully saturated rings. The minimum atomic E-state index is -3.46. The average Bonchev–Trinajstić information content (AvgIpc) is 3.77. The Morgan fingerprint density at radius 3 is 2.23 bits per heavy atom. The van der Waals surface area contributed by atoms with E-state index in [2.05, 4.69) is 32.5 Å². The molecule has 0 bridgehead atoms. The number of rotatable bonds is 9. The third kappa shape index (κ3) is 8.49. The molecule has 0 aliphatic carbocycles. The molecule has 2 saturated heterocycles. The van der Waals surface area contributed by atoms with E-state index in [0.29, 0.717) is 58.2 Å². The van der Waals surface area contributed by atoms with E-state index in [4.69, 9.17) is 9.47 Å². The van der Waals surface area contributed by atoms with Crippen LogP contribution in [0.25, 0.3) is 11.1 Å². The number of nitrogens with one attached hydrogen (secondary N) is 4. The van der Waals surface area contributed by atoms with E-state index in [9.17, 15) is 22.0 Å².